The van der Waals surface area contributed by atoms with Crippen molar-refractivity contribution in [3.05, 3.63) is 64.7 Å². The maximum atomic E-state index is 11.7. The van der Waals surface area contributed by atoms with Crippen LogP contribution in [0.2, 0.25) is 0 Å². The molecule has 0 bridgehead atoms. The molecule has 0 spiro atoms. The molecule has 3 rings (SSSR count). The van der Waals surface area contributed by atoms with Gasteiger partial charge in [-0.2, -0.15) is 0 Å². The lowest BCUT2D eigenvalue weighted by Crippen LogP contribution is -2.11. The summed E-state index contributed by atoms with van der Waals surface area (Å²) < 4.78 is 28.6. The monoisotopic (exact) mass is 398 g/mol. The van der Waals surface area contributed by atoms with Crippen LogP contribution in [0.25, 0.3) is 17.2 Å². The summed E-state index contributed by atoms with van der Waals surface area (Å²) in [7, 11) is -1.68. The second kappa shape index (κ2) is 7.28. The van der Waals surface area contributed by atoms with Gasteiger partial charge in [0.2, 0.25) is 0 Å². The molecule has 2 aromatic rings. The molecule has 0 heterocycles. The Morgan fingerprint density at radius 2 is 1.75 bits per heavy atom. The van der Waals surface area contributed by atoms with Crippen molar-refractivity contribution in [1.82, 2.24) is 0 Å². The Hall–Kier alpha value is -2.86. The molecular formula is C22H22O5S. The number of carboxylic acids is 1. The van der Waals surface area contributed by atoms with Crippen LogP contribution in [-0.4, -0.2) is 32.9 Å². The number of sulfone groups is 1. The van der Waals surface area contributed by atoms with Crippen molar-refractivity contribution in [1.29, 1.82) is 0 Å². The van der Waals surface area contributed by atoms with Crippen molar-refractivity contribution in [3.63, 3.8) is 0 Å². The molecule has 2 aromatic carbocycles. The van der Waals surface area contributed by atoms with Crippen LogP contribution in [0.1, 0.15) is 30.5 Å². The fourth-order valence-electron chi connectivity index (χ4n) is 3.50. The fourth-order valence-corrected chi connectivity index (χ4v) is 4.13. The number of benzene rings is 2. The van der Waals surface area contributed by atoms with E-state index in [9.17, 15) is 18.3 Å². The number of carboxylic acid groups (broad SMARTS) is 1. The third kappa shape index (κ3) is 3.60. The van der Waals surface area contributed by atoms with Crippen molar-refractivity contribution >= 4 is 33.0 Å². The van der Waals surface area contributed by atoms with Gasteiger partial charge in [0.15, 0.2) is 9.84 Å². The number of hydrogen-bond acceptors (Lipinski definition) is 4. The van der Waals surface area contributed by atoms with E-state index in [2.05, 4.69) is 0 Å². The number of aliphatic carboxylic acids is 1. The standard InChI is InChI=1S/C22H22O5S/c1-13-19(11-15-5-8-17(9-6-15)28(4,25)26)18-10-7-16(27-3)12-20(18)21(13)14(2)22(23)24/h5-12,14H,1-4H3,(H,23,24)/b19-11+. The number of carbonyl (C=O) groups is 1. The zero-order chi connectivity index (χ0) is 20.6. The van der Waals surface area contributed by atoms with E-state index in [1.165, 1.54) is 6.26 Å². The van der Waals surface area contributed by atoms with Gasteiger partial charge in [-0.3, -0.25) is 4.79 Å². The molecule has 5 nitrogen and oxygen atoms in total. The zero-order valence-electron chi connectivity index (χ0n) is 16.2. The van der Waals surface area contributed by atoms with E-state index in [1.54, 1.807) is 38.3 Å². The van der Waals surface area contributed by atoms with Crippen LogP contribution in [0.5, 0.6) is 5.75 Å². The van der Waals surface area contributed by atoms with E-state index in [1.807, 2.05) is 31.2 Å². The first-order chi connectivity index (χ1) is 13.1. The molecule has 1 atom stereocenters. The van der Waals surface area contributed by atoms with E-state index < -0.39 is 21.7 Å². The Labute approximate surface area is 164 Å². The first kappa shape index (κ1) is 19.9. The lowest BCUT2D eigenvalue weighted by atomic mass is 9.93. The maximum Gasteiger partial charge on any atom is 0.310 e. The molecule has 0 radical (unpaired) electrons. The third-order valence-electron chi connectivity index (χ3n) is 5.04. The Morgan fingerprint density at radius 1 is 1.11 bits per heavy atom. The second-order valence-corrected chi connectivity index (χ2v) is 8.93. The van der Waals surface area contributed by atoms with Crippen molar-refractivity contribution < 1.29 is 23.1 Å². The van der Waals surface area contributed by atoms with Gasteiger partial charge in [0.1, 0.15) is 5.75 Å². The molecule has 1 aliphatic carbocycles. The molecule has 1 aliphatic rings. The van der Waals surface area contributed by atoms with Crippen LogP contribution in [0.15, 0.2) is 52.9 Å². The van der Waals surface area contributed by atoms with Gasteiger partial charge in [-0.25, -0.2) is 8.42 Å². The van der Waals surface area contributed by atoms with Crippen LogP contribution in [0.3, 0.4) is 0 Å². The summed E-state index contributed by atoms with van der Waals surface area (Å²) in [4.78, 5) is 11.9. The van der Waals surface area contributed by atoms with E-state index in [0.29, 0.717) is 5.75 Å². The smallest absolute Gasteiger partial charge is 0.310 e. The highest BCUT2D eigenvalue weighted by Crippen LogP contribution is 2.46. The molecule has 0 aromatic heterocycles. The molecule has 146 valence electrons. The highest BCUT2D eigenvalue weighted by Gasteiger charge is 2.30. The predicted molar refractivity (Wildman–Crippen MR) is 110 cm³/mol. The number of hydrogen-bond donors (Lipinski definition) is 1. The molecule has 0 aliphatic heterocycles. The van der Waals surface area contributed by atoms with E-state index in [4.69, 9.17) is 4.74 Å². The SMILES string of the molecule is COc1ccc2c(c1)C(C(C)C(=O)O)=C(C)/C2=C\c1ccc(S(C)(=O)=O)cc1. The lowest BCUT2D eigenvalue weighted by molar-refractivity contribution is -0.139. The van der Waals surface area contributed by atoms with Gasteiger partial charge < -0.3 is 9.84 Å². The summed E-state index contributed by atoms with van der Waals surface area (Å²) in [6, 6.07) is 12.3. The number of ether oxygens (including phenoxy) is 1. The fraction of sp³-hybridized carbons (Fsp3) is 0.227. The zero-order valence-corrected chi connectivity index (χ0v) is 17.0. The molecule has 1 unspecified atom stereocenters. The van der Waals surface area contributed by atoms with Crippen molar-refractivity contribution in [3.8, 4) is 5.75 Å². The topological polar surface area (TPSA) is 80.7 Å². The normalized spacial score (nSPS) is 16.2. The molecule has 1 N–H and O–H groups in total. The van der Waals surface area contributed by atoms with Gasteiger partial charge in [0, 0.05) is 6.26 Å². The molecule has 0 saturated heterocycles. The highest BCUT2D eigenvalue weighted by molar-refractivity contribution is 7.90. The molecule has 0 saturated carbocycles. The maximum absolute atomic E-state index is 11.7. The molecular weight excluding hydrogens is 376 g/mol. The summed E-state index contributed by atoms with van der Waals surface area (Å²) in [5, 5.41) is 9.55. The Kier molecular flexibility index (Phi) is 5.17. The van der Waals surface area contributed by atoms with Gasteiger partial charge in [-0.05, 0) is 77.6 Å². The third-order valence-corrected chi connectivity index (χ3v) is 6.17. The quantitative estimate of drug-likeness (QED) is 0.818. The van der Waals surface area contributed by atoms with Gasteiger partial charge in [-0.15, -0.1) is 0 Å². The van der Waals surface area contributed by atoms with Crippen LogP contribution >= 0.6 is 0 Å². The highest BCUT2D eigenvalue weighted by atomic mass is 32.2. The summed E-state index contributed by atoms with van der Waals surface area (Å²) in [5.41, 5.74) is 5.21. The van der Waals surface area contributed by atoms with E-state index in [0.717, 1.165) is 33.4 Å². The van der Waals surface area contributed by atoms with Gasteiger partial charge in [0.25, 0.3) is 0 Å². The predicted octanol–water partition coefficient (Wildman–Crippen LogP) is 4.15. The molecule has 0 amide bonds. The Morgan fingerprint density at radius 3 is 2.29 bits per heavy atom. The van der Waals surface area contributed by atoms with Crippen LogP contribution in [0, 0.1) is 5.92 Å². The summed E-state index contributed by atoms with van der Waals surface area (Å²) in [6.45, 7) is 3.59. The molecule has 28 heavy (non-hydrogen) atoms. The minimum Gasteiger partial charge on any atom is -0.497 e. The van der Waals surface area contributed by atoms with Gasteiger partial charge >= 0.3 is 5.97 Å². The number of rotatable bonds is 5. The first-order valence-corrected chi connectivity index (χ1v) is 10.7. The summed E-state index contributed by atoms with van der Waals surface area (Å²) >= 11 is 0. The molecule has 0 fully saturated rings. The van der Waals surface area contributed by atoms with Crippen molar-refractivity contribution in [2.75, 3.05) is 13.4 Å². The minimum absolute atomic E-state index is 0.263. The summed E-state index contributed by atoms with van der Waals surface area (Å²) in [6.07, 6.45) is 3.13. The molecule has 6 heteroatoms. The Bertz CT molecular complexity index is 1110. The lowest BCUT2D eigenvalue weighted by Gasteiger charge is -2.12. The summed E-state index contributed by atoms with van der Waals surface area (Å²) in [5.74, 6) is -0.883. The number of allylic oxidation sites excluding steroid dienone is 2. The van der Waals surface area contributed by atoms with Crippen LogP contribution in [0.4, 0.5) is 0 Å². The van der Waals surface area contributed by atoms with Crippen molar-refractivity contribution in [2.45, 2.75) is 18.7 Å². The largest absolute Gasteiger partial charge is 0.497 e. The van der Waals surface area contributed by atoms with Gasteiger partial charge in [-0.1, -0.05) is 18.2 Å². The van der Waals surface area contributed by atoms with E-state index in [-0.39, 0.29) is 4.90 Å². The average Bonchev–Trinajstić information content (AvgIpc) is 2.91. The van der Waals surface area contributed by atoms with Gasteiger partial charge in [0.05, 0.1) is 17.9 Å². The van der Waals surface area contributed by atoms with Crippen LogP contribution in [-0.2, 0) is 14.6 Å². The Balaban J connectivity index is 2.15. The van der Waals surface area contributed by atoms with E-state index >= 15 is 0 Å². The second-order valence-electron chi connectivity index (χ2n) is 6.91. The first-order valence-electron chi connectivity index (χ1n) is 8.78. The van der Waals surface area contributed by atoms with Crippen LogP contribution < -0.4 is 4.74 Å². The number of fused-ring (bicyclic) bond motifs is 1. The van der Waals surface area contributed by atoms with Crippen molar-refractivity contribution in [2.24, 2.45) is 5.92 Å². The average molecular weight is 398 g/mol. The minimum atomic E-state index is -3.25. The number of methoxy groups -OCH3 is 1.